The van der Waals surface area contributed by atoms with Gasteiger partial charge in [0.25, 0.3) is 0 Å². The first-order valence-corrected chi connectivity index (χ1v) is 4.35. The van der Waals surface area contributed by atoms with Crippen molar-refractivity contribution < 1.29 is 25.5 Å². The second-order valence-electron chi connectivity index (χ2n) is 2.86. The van der Waals surface area contributed by atoms with E-state index in [0.29, 0.717) is 0 Å². The molecule has 0 bridgehead atoms. The van der Waals surface area contributed by atoms with Crippen molar-refractivity contribution >= 4 is 0 Å². The lowest BCUT2D eigenvalue weighted by molar-refractivity contribution is -0.113. The van der Waals surface area contributed by atoms with Crippen LogP contribution in [0.2, 0.25) is 0 Å². The van der Waals surface area contributed by atoms with Crippen molar-refractivity contribution in [3.05, 3.63) is 0 Å². The Kier molecular flexibility index (Phi) is 11.6. The lowest BCUT2D eigenvalue weighted by atomic mass is 10.0. The summed E-state index contributed by atoms with van der Waals surface area (Å²) in [5, 5.41) is 47.5. The van der Waals surface area contributed by atoms with Gasteiger partial charge in [0.15, 0.2) is 0 Å². The normalized spacial score (nSPS) is 18.4. The molecule has 0 rings (SSSR count). The van der Waals surface area contributed by atoms with Gasteiger partial charge >= 0.3 is 0 Å². The van der Waals surface area contributed by atoms with Crippen molar-refractivity contribution in [2.24, 2.45) is 11.7 Å². The molecular weight excluding hydrogens is 206 g/mol. The molecule has 0 heterocycles. The van der Waals surface area contributed by atoms with Crippen LogP contribution >= 0.6 is 0 Å². The molecule has 0 aromatic rings. The predicted octanol–water partition coefficient (Wildman–Crippen LogP) is -4.54. The summed E-state index contributed by atoms with van der Waals surface area (Å²) in [5.74, 6) is 8.00. The molecule has 94 valence electrons. The molecule has 0 aliphatic heterocycles. The molecular formula is C7H21N3O5. The zero-order valence-electron chi connectivity index (χ0n) is 8.61. The number of nitrogens with two attached hydrogens (primary N) is 2. The first kappa shape index (κ1) is 17.1. The summed E-state index contributed by atoms with van der Waals surface area (Å²) in [5.41, 5.74) is 0. The first-order chi connectivity index (χ1) is 7.04. The summed E-state index contributed by atoms with van der Waals surface area (Å²) in [4.78, 5) is 0. The molecule has 10 N–H and O–H groups in total. The fraction of sp³-hybridized carbons (Fsp3) is 1.00. The van der Waals surface area contributed by atoms with Crippen LogP contribution in [0.15, 0.2) is 0 Å². The molecule has 8 nitrogen and oxygen atoms in total. The molecule has 0 amide bonds. The van der Waals surface area contributed by atoms with Crippen LogP contribution in [0.3, 0.4) is 0 Å². The lowest BCUT2D eigenvalue weighted by Crippen LogP contribution is -2.48. The van der Waals surface area contributed by atoms with Crippen LogP contribution in [0, 0.1) is 0 Å². The Labute approximate surface area is 88.1 Å². The minimum atomic E-state index is -1.55. The molecule has 0 fully saturated rings. The van der Waals surface area contributed by atoms with E-state index in [2.05, 4.69) is 17.0 Å². The third-order valence-corrected chi connectivity index (χ3v) is 1.74. The van der Waals surface area contributed by atoms with E-state index in [-0.39, 0.29) is 6.54 Å². The van der Waals surface area contributed by atoms with Crippen LogP contribution in [0.1, 0.15) is 0 Å². The minimum absolute atomic E-state index is 0.0936. The smallest absolute Gasteiger partial charge is 0.111 e. The highest BCUT2D eigenvalue weighted by Crippen LogP contribution is 2.04. The topological polar surface area (TPSA) is 165 Å². The monoisotopic (exact) mass is 227 g/mol. The van der Waals surface area contributed by atoms with Crippen LogP contribution < -0.4 is 17.0 Å². The second kappa shape index (κ2) is 10.2. The molecule has 0 unspecified atom stereocenters. The van der Waals surface area contributed by atoms with Crippen LogP contribution in [0.4, 0.5) is 0 Å². The molecule has 0 spiro atoms. The summed E-state index contributed by atoms with van der Waals surface area (Å²) in [6.07, 6.45) is -5.65. The quantitative estimate of drug-likeness (QED) is 0.166. The van der Waals surface area contributed by atoms with Gasteiger partial charge in [-0.2, -0.15) is 0 Å². The summed E-state index contributed by atoms with van der Waals surface area (Å²) >= 11 is 0. The van der Waals surface area contributed by atoms with Gasteiger partial charge in [0.1, 0.15) is 18.3 Å². The molecule has 0 saturated carbocycles. The van der Waals surface area contributed by atoms with Gasteiger partial charge in [-0.1, -0.05) is 0 Å². The van der Waals surface area contributed by atoms with Crippen molar-refractivity contribution in [1.29, 1.82) is 0 Å². The average Bonchev–Trinajstić information content (AvgIpc) is 2.29. The van der Waals surface area contributed by atoms with E-state index in [9.17, 15) is 5.11 Å². The van der Waals surface area contributed by atoms with Crippen molar-refractivity contribution in [2.45, 2.75) is 24.4 Å². The number of hydrazine groups is 1. The molecule has 4 atom stereocenters. The summed E-state index contributed by atoms with van der Waals surface area (Å²) in [6.45, 7) is -0.569. The fourth-order valence-corrected chi connectivity index (χ4v) is 0.893. The van der Waals surface area contributed by atoms with Crippen molar-refractivity contribution in [3.63, 3.8) is 0 Å². The Morgan fingerprint density at radius 1 is 1.00 bits per heavy atom. The van der Waals surface area contributed by atoms with Gasteiger partial charge in [0.2, 0.25) is 0 Å². The first-order valence-electron chi connectivity index (χ1n) is 4.35. The van der Waals surface area contributed by atoms with Gasteiger partial charge in [-0.15, -0.1) is 0 Å². The SMILES string of the molecule is CNC[C@H](O)[C@@H](O)[C@H](O)[C@H](O)CO.NN. The molecule has 0 saturated heterocycles. The van der Waals surface area contributed by atoms with E-state index in [0.717, 1.165) is 0 Å². The van der Waals surface area contributed by atoms with Gasteiger partial charge in [0.05, 0.1) is 12.7 Å². The number of aliphatic hydroxyl groups excluding tert-OH is 5. The standard InChI is InChI=1S/C7H17NO5.H4N2/c1-8-2-4(10)6(12)7(13)5(11)3-9;1-2/h4-13H,2-3H2,1H3;1-2H2/t4-,5+,6+,7+;/m0./s1. The highest BCUT2D eigenvalue weighted by atomic mass is 16.4. The molecule has 0 radical (unpaired) electrons. The van der Waals surface area contributed by atoms with Gasteiger partial charge in [-0.05, 0) is 7.05 Å². The highest BCUT2D eigenvalue weighted by molar-refractivity contribution is 4.81. The minimum Gasteiger partial charge on any atom is -0.394 e. The van der Waals surface area contributed by atoms with E-state index >= 15 is 0 Å². The molecule has 8 heteroatoms. The Morgan fingerprint density at radius 3 is 1.73 bits per heavy atom. The number of nitrogens with one attached hydrogen (secondary N) is 1. The fourth-order valence-electron chi connectivity index (χ4n) is 0.893. The Balaban J connectivity index is 0. The molecule has 0 aliphatic rings. The van der Waals surface area contributed by atoms with Gasteiger partial charge < -0.3 is 30.8 Å². The van der Waals surface area contributed by atoms with E-state index in [4.69, 9.17) is 20.4 Å². The van der Waals surface area contributed by atoms with Gasteiger partial charge in [-0.3, -0.25) is 11.7 Å². The number of aliphatic hydroxyl groups is 5. The number of rotatable bonds is 6. The largest absolute Gasteiger partial charge is 0.394 e. The van der Waals surface area contributed by atoms with E-state index in [1.54, 1.807) is 7.05 Å². The molecule has 15 heavy (non-hydrogen) atoms. The van der Waals surface area contributed by atoms with Crippen LogP contribution in [-0.2, 0) is 0 Å². The molecule has 0 aromatic carbocycles. The zero-order chi connectivity index (χ0) is 12.4. The van der Waals surface area contributed by atoms with Crippen molar-refractivity contribution in [3.8, 4) is 0 Å². The number of likely N-dealkylation sites (N-methyl/N-ethyl adjacent to an activating group) is 1. The van der Waals surface area contributed by atoms with Crippen LogP contribution in [0.5, 0.6) is 0 Å². The van der Waals surface area contributed by atoms with Crippen molar-refractivity contribution in [2.75, 3.05) is 20.2 Å². The number of hydrogen-bond donors (Lipinski definition) is 8. The zero-order valence-corrected chi connectivity index (χ0v) is 8.61. The molecule has 0 aliphatic carbocycles. The van der Waals surface area contributed by atoms with Gasteiger partial charge in [0, 0.05) is 6.54 Å². The van der Waals surface area contributed by atoms with E-state index < -0.39 is 31.0 Å². The average molecular weight is 227 g/mol. The van der Waals surface area contributed by atoms with E-state index in [1.165, 1.54) is 0 Å². The maximum atomic E-state index is 9.21. The third kappa shape index (κ3) is 6.71. The Hall–Kier alpha value is -0.320. The maximum Gasteiger partial charge on any atom is 0.111 e. The summed E-state index contributed by atoms with van der Waals surface area (Å²) in [7, 11) is 1.57. The van der Waals surface area contributed by atoms with Crippen molar-refractivity contribution in [1.82, 2.24) is 5.32 Å². The Morgan fingerprint density at radius 2 is 1.40 bits per heavy atom. The second-order valence-corrected chi connectivity index (χ2v) is 2.86. The van der Waals surface area contributed by atoms with E-state index in [1.807, 2.05) is 0 Å². The summed E-state index contributed by atoms with van der Waals surface area (Å²) in [6, 6.07) is 0. The highest BCUT2D eigenvalue weighted by Gasteiger charge is 2.29. The number of hydrogen-bond acceptors (Lipinski definition) is 8. The molecule has 0 aromatic heterocycles. The summed E-state index contributed by atoms with van der Waals surface area (Å²) < 4.78 is 0. The van der Waals surface area contributed by atoms with Crippen LogP contribution in [-0.4, -0.2) is 70.1 Å². The third-order valence-electron chi connectivity index (χ3n) is 1.74. The van der Waals surface area contributed by atoms with Crippen LogP contribution in [0.25, 0.3) is 0 Å². The Bertz CT molecular complexity index is 140. The lowest BCUT2D eigenvalue weighted by Gasteiger charge is -2.25. The predicted molar refractivity (Wildman–Crippen MR) is 53.4 cm³/mol. The maximum absolute atomic E-state index is 9.21. The van der Waals surface area contributed by atoms with Gasteiger partial charge in [-0.25, -0.2) is 0 Å².